The fourth-order valence-electron chi connectivity index (χ4n) is 3.24. The molecule has 0 spiro atoms. The van der Waals surface area contributed by atoms with Crippen LogP contribution in [-0.2, 0) is 21.3 Å². The van der Waals surface area contributed by atoms with Gasteiger partial charge in [0.1, 0.15) is 10.6 Å². The second-order valence-corrected chi connectivity index (χ2v) is 8.73. The Morgan fingerprint density at radius 3 is 2.78 bits per heavy atom. The van der Waals surface area contributed by atoms with Gasteiger partial charge in [0.15, 0.2) is 0 Å². The van der Waals surface area contributed by atoms with E-state index in [1.54, 1.807) is 0 Å². The number of rotatable bonds is 7. The Labute approximate surface area is 159 Å². The summed E-state index contributed by atoms with van der Waals surface area (Å²) in [6, 6.07) is 9.77. The Morgan fingerprint density at radius 1 is 1.33 bits per heavy atom. The molecule has 1 aromatic carbocycles. The van der Waals surface area contributed by atoms with Gasteiger partial charge in [0.25, 0.3) is 0 Å². The molecule has 0 bridgehead atoms. The molecule has 3 rings (SSSR count). The summed E-state index contributed by atoms with van der Waals surface area (Å²) >= 11 is 0. The third kappa shape index (κ3) is 4.97. The van der Waals surface area contributed by atoms with Crippen molar-refractivity contribution in [2.45, 2.75) is 24.8 Å². The van der Waals surface area contributed by atoms with Crippen molar-refractivity contribution in [1.29, 1.82) is 0 Å². The van der Waals surface area contributed by atoms with Gasteiger partial charge in [-0.2, -0.15) is 0 Å². The minimum Gasteiger partial charge on any atom is -0.464 e. The first-order chi connectivity index (χ1) is 12.9. The minimum atomic E-state index is -3.66. The quantitative estimate of drug-likeness (QED) is 0.704. The number of H-pyrrole nitrogens is 1. The lowest BCUT2D eigenvalue weighted by Gasteiger charge is -2.16. The van der Waals surface area contributed by atoms with E-state index in [0.717, 1.165) is 26.1 Å². The van der Waals surface area contributed by atoms with E-state index in [-0.39, 0.29) is 16.5 Å². The zero-order valence-electron chi connectivity index (χ0n) is 15.6. The third-order valence-electron chi connectivity index (χ3n) is 4.83. The molecule has 0 unspecified atom stereocenters. The number of aromatic nitrogens is 1. The second kappa shape index (κ2) is 8.24. The van der Waals surface area contributed by atoms with Gasteiger partial charge in [0.05, 0.1) is 7.11 Å². The van der Waals surface area contributed by atoms with Crippen LogP contribution in [0.25, 0.3) is 0 Å². The van der Waals surface area contributed by atoms with Crippen LogP contribution in [0, 0.1) is 12.8 Å². The highest BCUT2D eigenvalue weighted by molar-refractivity contribution is 7.89. The maximum absolute atomic E-state index is 12.4. The molecule has 8 heteroatoms. The van der Waals surface area contributed by atoms with Crippen molar-refractivity contribution < 1.29 is 17.9 Å². The number of hydrogen-bond acceptors (Lipinski definition) is 5. The molecule has 2 aromatic rings. The number of nitrogens with one attached hydrogen (secondary N) is 2. The Bertz CT molecular complexity index is 890. The van der Waals surface area contributed by atoms with Crippen molar-refractivity contribution in [2.24, 2.45) is 5.92 Å². The van der Waals surface area contributed by atoms with Crippen LogP contribution in [-0.4, -0.2) is 51.0 Å². The number of methoxy groups -OCH3 is 1. The molecule has 1 aliphatic heterocycles. The van der Waals surface area contributed by atoms with Crippen molar-refractivity contribution in [3.8, 4) is 0 Å². The Hall–Kier alpha value is -2.16. The van der Waals surface area contributed by atoms with Crippen molar-refractivity contribution >= 4 is 16.0 Å². The summed E-state index contributed by atoms with van der Waals surface area (Å²) in [6.07, 6.45) is 2.25. The summed E-state index contributed by atoms with van der Waals surface area (Å²) < 4.78 is 32.1. The monoisotopic (exact) mass is 391 g/mol. The molecule has 1 aromatic heterocycles. The second-order valence-electron chi connectivity index (χ2n) is 6.97. The molecule has 0 amide bonds. The van der Waals surface area contributed by atoms with E-state index in [9.17, 15) is 13.2 Å². The molecular weight excluding hydrogens is 366 g/mol. The number of carbonyl (C=O) groups excluding carboxylic acids is 1. The van der Waals surface area contributed by atoms with E-state index in [1.807, 2.05) is 0 Å². The summed E-state index contributed by atoms with van der Waals surface area (Å²) in [6.45, 7) is 5.14. The molecule has 0 radical (unpaired) electrons. The van der Waals surface area contributed by atoms with Crippen LogP contribution in [0.4, 0.5) is 0 Å². The number of esters is 1. The van der Waals surface area contributed by atoms with E-state index in [0.29, 0.717) is 6.54 Å². The fourth-order valence-corrected chi connectivity index (χ4v) is 4.35. The van der Waals surface area contributed by atoms with Gasteiger partial charge in [-0.15, -0.1) is 0 Å². The highest BCUT2D eigenvalue weighted by Gasteiger charge is 2.25. The normalized spacial score (nSPS) is 17.9. The van der Waals surface area contributed by atoms with E-state index in [2.05, 4.69) is 50.5 Å². The molecule has 1 saturated heterocycles. The lowest BCUT2D eigenvalue weighted by molar-refractivity contribution is 0.0594. The number of likely N-dealkylation sites (tertiary alicyclic amines) is 1. The predicted octanol–water partition coefficient (Wildman–Crippen LogP) is 1.91. The summed E-state index contributed by atoms with van der Waals surface area (Å²) in [7, 11) is -2.41. The standard InChI is InChI=1S/C19H25N3O4S/c1-14-3-5-15(6-4-14)12-22-8-7-16(13-22)10-21-27(24,25)17-9-18(20-11-17)19(23)26-2/h3-6,9,11,16,20-21H,7-8,10,12-13H2,1-2H3/t16-/m0/s1. The van der Waals surface area contributed by atoms with Gasteiger partial charge in [-0.1, -0.05) is 29.8 Å². The van der Waals surface area contributed by atoms with Crippen LogP contribution in [0.5, 0.6) is 0 Å². The molecule has 2 heterocycles. The number of benzene rings is 1. The lowest BCUT2D eigenvalue weighted by Crippen LogP contribution is -2.30. The summed E-state index contributed by atoms with van der Waals surface area (Å²) in [5.74, 6) is -0.330. The molecule has 7 nitrogen and oxygen atoms in total. The first-order valence-corrected chi connectivity index (χ1v) is 10.4. The maximum atomic E-state index is 12.4. The van der Waals surface area contributed by atoms with Gasteiger partial charge in [-0.3, -0.25) is 4.90 Å². The van der Waals surface area contributed by atoms with Crippen LogP contribution in [0.2, 0.25) is 0 Å². The van der Waals surface area contributed by atoms with Gasteiger partial charge in [-0.05, 0) is 37.4 Å². The summed E-state index contributed by atoms with van der Waals surface area (Å²) in [4.78, 5) is 16.5. The predicted molar refractivity (Wildman–Crippen MR) is 102 cm³/mol. The van der Waals surface area contributed by atoms with Crippen LogP contribution in [0.3, 0.4) is 0 Å². The van der Waals surface area contributed by atoms with Gasteiger partial charge in [-0.25, -0.2) is 17.9 Å². The molecule has 1 aliphatic rings. The Morgan fingerprint density at radius 2 is 2.07 bits per heavy atom. The van der Waals surface area contributed by atoms with Crippen LogP contribution in [0.1, 0.15) is 28.0 Å². The number of aromatic amines is 1. The number of hydrogen-bond donors (Lipinski definition) is 2. The molecule has 1 atom stereocenters. The van der Waals surface area contributed by atoms with Crippen molar-refractivity contribution in [2.75, 3.05) is 26.7 Å². The number of ether oxygens (including phenoxy) is 1. The smallest absolute Gasteiger partial charge is 0.354 e. The molecule has 0 saturated carbocycles. The van der Waals surface area contributed by atoms with E-state index < -0.39 is 16.0 Å². The fraction of sp³-hybridized carbons (Fsp3) is 0.421. The lowest BCUT2D eigenvalue weighted by atomic mass is 10.1. The number of sulfonamides is 1. The first kappa shape index (κ1) is 19.6. The van der Waals surface area contributed by atoms with Crippen molar-refractivity contribution in [3.05, 3.63) is 53.3 Å². The molecule has 1 fully saturated rings. The Balaban J connectivity index is 1.52. The molecular formula is C19H25N3O4S. The van der Waals surface area contributed by atoms with Gasteiger partial charge in [0.2, 0.25) is 10.0 Å². The van der Waals surface area contributed by atoms with E-state index in [4.69, 9.17) is 0 Å². The van der Waals surface area contributed by atoms with Gasteiger partial charge < -0.3 is 9.72 Å². The average Bonchev–Trinajstić information content (AvgIpc) is 3.31. The zero-order chi connectivity index (χ0) is 19.4. The molecule has 2 N–H and O–H groups in total. The van der Waals surface area contributed by atoms with Crippen LogP contribution >= 0.6 is 0 Å². The van der Waals surface area contributed by atoms with Crippen molar-refractivity contribution in [3.63, 3.8) is 0 Å². The third-order valence-corrected chi connectivity index (χ3v) is 6.23. The van der Waals surface area contributed by atoms with Gasteiger partial charge in [0, 0.05) is 25.8 Å². The zero-order valence-corrected chi connectivity index (χ0v) is 16.4. The summed E-state index contributed by atoms with van der Waals surface area (Å²) in [5, 5.41) is 0. The SMILES string of the molecule is COC(=O)c1cc(S(=O)(=O)NC[C@@H]2CCN(Cc3ccc(C)cc3)C2)c[nH]1. The number of carbonyl (C=O) groups is 1. The topological polar surface area (TPSA) is 91.5 Å². The highest BCUT2D eigenvalue weighted by Crippen LogP contribution is 2.19. The minimum absolute atomic E-state index is 0.0393. The molecule has 146 valence electrons. The first-order valence-electron chi connectivity index (χ1n) is 8.91. The largest absolute Gasteiger partial charge is 0.464 e. The number of aryl methyl sites for hydroxylation is 1. The summed E-state index contributed by atoms with van der Waals surface area (Å²) in [5.41, 5.74) is 2.63. The highest BCUT2D eigenvalue weighted by atomic mass is 32.2. The maximum Gasteiger partial charge on any atom is 0.354 e. The van der Waals surface area contributed by atoms with E-state index in [1.165, 1.54) is 30.5 Å². The van der Waals surface area contributed by atoms with Crippen LogP contribution in [0.15, 0.2) is 41.4 Å². The van der Waals surface area contributed by atoms with Crippen molar-refractivity contribution in [1.82, 2.24) is 14.6 Å². The molecule has 27 heavy (non-hydrogen) atoms. The molecule has 0 aliphatic carbocycles. The van der Waals surface area contributed by atoms with E-state index >= 15 is 0 Å². The van der Waals surface area contributed by atoms with Crippen LogP contribution < -0.4 is 4.72 Å². The van der Waals surface area contributed by atoms with Gasteiger partial charge >= 0.3 is 5.97 Å². The average molecular weight is 391 g/mol. The Kier molecular flexibility index (Phi) is 5.98. The number of nitrogens with zero attached hydrogens (tertiary/aromatic N) is 1.